The van der Waals surface area contributed by atoms with Gasteiger partial charge in [-0.1, -0.05) is 29.8 Å². The van der Waals surface area contributed by atoms with Crippen LogP contribution in [-0.4, -0.2) is 72.9 Å². The largest absolute Gasteiger partial charge is 0.373 e. The highest BCUT2D eigenvalue weighted by Gasteiger charge is 2.30. The predicted molar refractivity (Wildman–Crippen MR) is 137 cm³/mol. The maximum Gasteiger partial charge on any atom is 0.334 e. The van der Waals surface area contributed by atoms with Crippen LogP contribution in [0.15, 0.2) is 51.0 Å². The molecule has 0 radical (unpaired) electrons. The number of aliphatic imine (C=N–C) groups is 1. The number of carbonyl (C=O) groups excluding carboxylic acids is 1. The summed E-state index contributed by atoms with van der Waals surface area (Å²) in [5, 5.41) is 4.08. The number of aromatic nitrogens is 2. The van der Waals surface area contributed by atoms with Crippen LogP contribution in [0, 0.1) is 5.92 Å². The highest BCUT2D eigenvalue weighted by atomic mass is 35.5. The summed E-state index contributed by atoms with van der Waals surface area (Å²) in [6, 6.07) is 6.81. The standard InChI is InChI=1S/C25H28ClN5O5/c1-30(2)19-12-16-18(11-17(19)22(32)27-13-14-6-5-7-15(26)10-14)28-25(34)31(24(16)33)21-9-8-20(35-3)23(29-21)36-4/h5-12,17,19-20,23H,13H2,1-4H3,(H,27,32)(H,28,34). The fourth-order valence-electron chi connectivity index (χ4n) is 4.31. The zero-order valence-electron chi connectivity index (χ0n) is 20.4. The van der Waals surface area contributed by atoms with Gasteiger partial charge in [-0.05, 0) is 50.0 Å². The number of hydrogen-bond donors (Lipinski definition) is 2. The molecule has 1 aromatic carbocycles. The lowest BCUT2D eigenvalue weighted by Gasteiger charge is -2.29. The van der Waals surface area contributed by atoms with E-state index in [-0.39, 0.29) is 17.0 Å². The van der Waals surface area contributed by atoms with Crippen LogP contribution in [0.25, 0.3) is 12.2 Å². The van der Waals surface area contributed by atoms with Gasteiger partial charge in [0.05, 0.1) is 16.5 Å². The Morgan fingerprint density at radius 3 is 2.67 bits per heavy atom. The number of methoxy groups -OCH3 is 2. The number of nitrogens with one attached hydrogen (secondary N) is 2. The molecular formula is C25H28ClN5O5. The zero-order chi connectivity index (χ0) is 26.0. The number of carbonyl (C=O) groups is 1. The van der Waals surface area contributed by atoms with Gasteiger partial charge in [-0.15, -0.1) is 0 Å². The highest BCUT2D eigenvalue weighted by molar-refractivity contribution is 6.30. The average Bonchev–Trinajstić information content (AvgIpc) is 2.86. The number of rotatable bonds is 6. The van der Waals surface area contributed by atoms with E-state index in [9.17, 15) is 14.4 Å². The van der Waals surface area contributed by atoms with Crippen LogP contribution < -0.4 is 27.1 Å². The molecule has 11 heteroatoms. The lowest BCUT2D eigenvalue weighted by atomic mass is 9.92. The van der Waals surface area contributed by atoms with Gasteiger partial charge in [-0.2, -0.15) is 0 Å². The maximum atomic E-state index is 13.4. The van der Waals surface area contributed by atoms with Crippen LogP contribution in [-0.2, 0) is 20.8 Å². The Kier molecular flexibility index (Phi) is 7.70. The fourth-order valence-corrected chi connectivity index (χ4v) is 4.52. The molecule has 1 aliphatic heterocycles. The van der Waals surface area contributed by atoms with Crippen molar-refractivity contribution in [3.05, 3.63) is 78.4 Å². The smallest absolute Gasteiger partial charge is 0.334 e. The third-order valence-corrected chi connectivity index (χ3v) is 6.43. The minimum Gasteiger partial charge on any atom is -0.373 e. The van der Waals surface area contributed by atoms with E-state index in [1.54, 1.807) is 36.4 Å². The Bertz CT molecular complexity index is 1460. The number of halogens is 1. The molecule has 10 nitrogen and oxygen atoms in total. The summed E-state index contributed by atoms with van der Waals surface area (Å²) in [7, 11) is 6.64. The summed E-state index contributed by atoms with van der Waals surface area (Å²) in [6.45, 7) is 0.296. The van der Waals surface area contributed by atoms with Crippen molar-refractivity contribution < 1.29 is 14.3 Å². The Labute approximate surface area is 212 Å². The van der Waals surface area contributed by atoms with Crippen LogP contribution in [0.5, 0.6) is 0 Å². The maximum absolute atomic E-state index is 13.4. The molecule has 2 N–H and O–H groups in total. The van der Waals surface area contributed by atoms with E-state index in [0.717, 1.165) is 10.1 Å². The first-order valence-electron chi connectivity index (χ1n) is 11.3. The first kappa shape index (κ1) is 25.8. The van der Waals surface area contributed by atoms with Crippen LogP contribution in [0.2, 0.25) is 5.02 Å². The number of hydrogen-bond acceptors (Lipinski definition) is 7. The second kappa shape index (κ2) is 10.8. The molecule has 4 unspecified atom stereocenters. The topological polar surface area (TPSA) is 118 Å². The normalized spacial score (nSPS) is 22.9. The molecule has 190 valence electrons. The average molecular weight is 514 g/mol. The molecule has 36 heavy (non-hydrogen) atoms. The quantitative estimate of drug-likeness (QED) is 0.534. The van der Waals surface area contributed by atoms with Crippen molar-refractivity contribution >= 4 is 35.5 Å². The molecule has 0 fully saturated rings. The minimum atomic E-state index is -0.699. The van der Waals surface area contributed by atoms with Crippen LogP contribution in [0.3, 0.4) is 0 Å². The summed E-state index contributed by atoms with van der Waals surface area (Å²) in [6.07, 6.45) is 5.42. The molecule has 0 bridgehead atoms. The number of nitrogens with zero attached hydrogens (tertiary/aromatic N) is 3. The Morgan fingerprint density at radius 2 is 2.00 bits per heavy atom. The van der Waals surface area contributed by atoms with Crippen molar-refractivity contribution in [1.29, 1.82) is 0 Å². The van der Waals surface area contributed by atoms with E-state index >= 15 is 0 Å². The third kappa shape index (κ3) is 5.12. The van der Waals surface area contributed by atoms with E-state index < -0.39 is 35.5 Å². The molecule has 2 aromatic rings. The van der Waals surface area contributed by atoms with Gasteiger partial charge in [0.25, 0.3) is 5.56 Å². The summed E-state index contributed by atoms with van der Waals surface area (Å²) in [5.41, 5.74) is -0.345. The van der Waals surface area contributed by atoms with E-state index in [2.05, 4.69) is 15.3 Å². The monoisotopic (exact) mass is 513 g/mol. The van der Waals surface area contributed by atoms with Gasteiger partial charge >= 0.3 is 5.69 Å². The molecule has 1 aromatic heterocycles. The van der Waals surface area contributed by atoms with Gasteiger partial charge in [0.1, 0.15) is 11.9 Å². The van der Waals surface area contributed by atoms with Crippen molar-refractivity contribution in [2.75, 3.05) is 28.3 Å². The molecule has 0 saturated carbocycles. The second-order valence-corrected chi connectivity index (χ2v) is 9.17. The first-order valence-corrected chi connectivity index (χ1v) is 11.7. The number of amides is 1. The van der Waals surface area contributed by atoms with E-state index in [4.69, 9.17) is 21.1 Å². The number of H-pyrrole nitrogens is 1. The van der Waals surface area contributed by atoms with Crippen molar-refractivity contribution in [3.8, 4) is 0 Å². The van der Waals surface area contributed by atoms with Crippen molar-refractivity contribution in [2.24, 2.45) is 10.9 Å². The molecule has 4 rings (SSSR count). The Balaban J connectivity index is 1.71. The predicted octanol–water partition coefficient (Wildman–Crippen LogP) is -0.569. The molecule has 2 heterocycles. The molecule has 1 aliphatic carbocycles. The molecule has 2 aliphatic rings. The van der Waals surface area contributed by atoms with Crippen molar-refractivity contribution in [3.63, 3.8) is 0 Å². The van der Waals surface area contributed by atoms with Crippen molar-refractivity contribution in [1.82, 2.24) is 19.8 Å². The minimum absolute atomic E-state index is 0.139. The fraction of sp³-hybridized carbons (Fsp3) is 0.360. The third-order valence-electron chi connectivity index (χ3n) is 6.19. The molecule has 4 atom stereocenters. The van der Waals surface area contributed by atoms with Gasteiger partial charge in [-0.3, -0.25) is 9.59 Å². The number of fused-ring (bicyclic) bond motifs is 1. The lowest BCUT2D eigenvalue weighted by molar-refractivity contribution is -0.124. The van der Waals surface area contributed by atoms with Gasteiger partial charge in [0.2, 0.25) is 5.91 Å². The Morgan fingerprint density at radius 1 is 1.22 bits per heavy atom. The molecule has 0 spiro atoms. The zero-order valence-corrected chi connectivity index (χ0v) is 21.2. The number of ether oxygens (including phenoxy) is 2. The van der Waals surface area contributed by atoms with E-state index in [0.29, 0.717) is 16.9 Å². The molecular weight excluding hydrogens is 486 g/mol. The van der Waals surface area contributed by atoms with Crippen LogP contribution in [0.1, 0.15) is 5.56 Å². The second-order valence-electron chi connectivity index (χ2n) is 8.73. The summed E-state index contributed by atoms with van der Waals surface area (Å²) >= 11 is 6.04. The van der Waals surface area contributed by atoms with Crippen molar-refractivity contribution in [2.45, 2.75) is 24.9 Å². The summed E-state index contributed by atoms with van der Waals surface area (Å²) < 4.78 is 11.6. The molecule has 1 amide bonds. The SMILES string of the molecule is COC1C=CC(n2c(=O)[nH]c3c(c2=O)=CC(N(C)C)C(C(=O)NCc2cccc(Cl)c2)C=3)=NC1OC. The highest BCUT2D eigenvalue weighted by Crippen LogP contribution is 2.16. The first-order chi connectivity index (χ1) is 17.2. The van der Waals surface area contributed by atoms with E-state index in [1.807, 2.05) is 31.1 Å². The van der Waals surface area contributed by atoms with Crippen LogP contribution in [0.4, 0.5) is 0 Å². The van der Waals surface area contributed by atoms with Gasteiger partial charge in [0, 0.05) is 31.8 Å². The molecule has 0 saturated heterocycles. The number of allylic oxidation sites excluding steroid dienone is 1. The summed E-state index contributed by atoms with van der Waals surface area (Å²) in [5.74, 6) is -0.737. The number of benzene rings is 1. The number of dihydropyridines is 1. The Hall–Kier alpha value is -3.31. The van der Waals surface area contributed by atoms with Gasteiger partial charge in [0.15, 0.2) is 6.23 Å². The lowest BCUT2D eigenvalue weighted by Crippen LogP contribution is -2.59. The van der Waals surface area contributed by atoms with E-state index in [1.165, 1.54) is 14.2 Å². The summed E-state index contributed by atoms with van der Waals surface area (Å²) in [4.78, 5) is 48.5. The van der Waals surface area contributed by atoms with Gasteiger partial charge in [-0.25, -0.2) is 14.4 Å². The van der Waals surface area contributed by atoms with Gasteiger partial charge < -0.3 is 24.7 Å². The van der Waals surface area contributed by atoms with Crippen LogP contribution >= 0.6 is 11.6 Å². The number of aromatic amines is 1.